The number of hydrogen-bond donors (Lipinski definition) is 2. The van der Waals surface area contributed by atoms with Crippen LogP contribution in [0.2, 0.25) is 0 Å². The molecule has 212 valence electrons. The summed E-state index contributed by atoms with van der Waals surface area (Å²) in [6.07, 6.45) is 12.6. The fourth-order valence-corrected chi connectivity index (χ4v) is 5.96. The van der Waals surface area contributed by atoms with E-state index in [1.54, 1.807) is 6.20 Å². The van der Waals surface area contributed by atoms with Crippen LogP contribution in [0.15, 0.2) is 84.6 Å². The van der Waals surface area contributed by atoms with Crippen molar-refractivity contribution in [2.24, 2.45) is 5.92 Å². The van der Waals surface area contributed by atoms with Crippen molar-refractivity contribution < 1.29 is 19.7 Å². The van der Waals surface area contributed by atoms with Crippen LogP contribution in [0.4, 0.5) is 0 Å². The van der Waals surface area contributed by atoms with Crippen LogP contribution in [0.25, 0.3) is 11.1 Å². The fourth-order valence-electron chi connectivity index (χ4n) is 5.96. The maximum Gasteiger partial charge on any atom is 0.328 e. The lowest BCUT2D eigenvalue weighted by Gasteiger charge is -2.27. The molecule has 3 aromatic rings. The van der Waals surface area contributed by atoms with Crippen LogP contribution in [-0.2, 0) is 17.0 Å². The van der Waals surface area contributed by atoms with E-state index in [1.807, 2.05) is 32.0 Å². The standard InChI is InChI=1S/C36H39NO4/c1-24(2)31(22-35(38)39)27-13-16-34-32(21-27)29(30-10-6-20-37-33(30)23-41-34)9-4-7-26-8-5-18-36(40,19-17-26)28-14-11-25(3)12-15-28/h6,8-16,20-22,24,40H,4-5,7,17-19,23H2,1-3H3,(H,38,39)/b29-9+,31-22+. The molecule has 1 aliphatic heterocycles. The minimum atomic E-state index is -0.948. The molecule has 1 aliphatic carbocycles. The molecule has 1 atom stereocenters. The third-order valence-electron chi connectivity index (χ3n) is 8.30. The van der Waals surface area contributed by atoms with Crippen LogP contribution >= 0.6 is 0 Å². The molecule has 0 bridgehead atoms. The number of pyridine rings is 1. The first-order chi connectivity index (χ1) is 19.7. The Hall–Kier alpha value is -3.96. The molecule has 0 fully saturated rings. The molecular formula is C36H39NO4. The number of rotatable bonds is 7. The Bertz CT molecular complexity index is 1510. The van der Waals surface area contributed by atoms with Crippen molar-refractivity contribution >= 4 is 17.1 Å². The van der Waals surface area contributed by atoms with Gasteiger partial charge in [-0.15, -0.1) is 0 Å². The van der Waals surface area contributed by atoms with Crippen molar-refractivity contribution in [1.82, 2.24) is 4.98 Å². The Morgan fingerprint density at radius 2 is 1.90 bits per heavy atom. The van der Waals surface area contributed by atoms with Crippen molar-refractivity contribution in [3.8, 4) is 5.75 Å². The minimum Gasteiger partial charge on any atom is -0.487 e. The molecule has 1 aromatic heterocycles. The molecule has 0 amide bonds. The zero-order valence-electron chi connectivity index (χ0n) is 24.2. The van der Waals surface area contributed by atoms with E-state index in [0.29, 0.717) is 6.61 Å². The third-order valence-corrected chi connectivity index (χ3v) is 8.30. The zero-order chi connectivity index (χ0) is 29.0. The van der Waals surface area contributed by atoms with Crippen LogP contribution in [-0.4, -0.2) is 21.2 Å². The summed E-state index contributed by atoms with van der Waals surface area (Å²) in [6, 6.07) is 18.3. The van der Waals surface area contributed by atoms with E-state index in [9.17, 15) is 15.0 Å². The Balaban J connectivity index is 1.41. The second kappa shape index (κ2) is 12.3. The van der Waals surface area contributed by atoms with Crippen LogP contribution in [0.3, 0.4) is 0 Å². The number of benzene rings is 2. The summed E-state index contributed by atoms with van der Waals surface area (Å²) in [4.78, 5) is 16.2. The number of carboxylic acids is 1. The van der Waals surface area contributed by atoms with Crippen LogP contribution in [0, 0.1) is 12.8 Å². The number of fused-ring (bicyclic) bond motifs is 2. The van der Waals surface area contributed by atoms with E-state index in [1.165, 1.54) is 17.2 Å². The summed E-state index contributed by atoms with van der Waals surface area (Å²) in [5, 5.41) is 21.0. The highest BCUT2D eigenvalue weighted by Crippen LogP contribution is 2.40. The van der Waals surface area contributed by atoms with Crippen molar-refractivity contribution in [3.63, 3.8) is 0 Å². The maximum absolute atomic E-state index is 11.6. The molecule has 0 saturated heterocycles. The molecule has 0 saturated carbocycles. The minimum absolute atomic E-state index is 0.0537. The van der Waals surface area contributed by atoms with Crippen molar-refractivity contribution in [2.75, 3.05) is 0 Å². The van der Waals surface area contributed by atoms with Gasteiger partial charge in [-0.3, -0.25) is 4.98 Å². The van der Waals surface area contributed by atoms with Gasteiger partial charge in [0.05, 0.1) is 11.3 Å². The number of allylic oxidation sites excluding steroid dienone is 4. The summed E-state index contributed by atoms with van der Waals surface area (Å²) < 4.78 is 6.19. The number of aliphatic hydroxyl groups is 1. The first kappa shape index (κ1) is 28.6. The highest BCUT2D eigenvalue weighted by molar-refractivity contribution is 5.92. The number of carboxylic acid groups (broad SMARTS) is 1. The number of carbonyl (C=O) groups is 1. The Kier molecular flexibility index (Phi) is 8.55. The van der Waals surface area contributed by atoms with Crippen molar-refractivity contribution in [2.45, 2.75) is 71.5 Å². The van der Waals surface area contributed by atoms with E-state index in [0.717, 1.165) is 83.4 Å². The first-order valence-electron chi connectivity index (χ1n) is 14.6. The Labute approximate surface area is 242 Å². The second-order valence-electron chi connectivity index (χ2n) is 11.5. The van der Waals surface area contributed by atoms with Crippen LogP contribution < -0.4 is 4.74 Å². The number of aromatic nitrogens is 1. The molecule has 2 aliphatic rings. The average Bonchev–Trinajstić information content (AvgIpc) is 3.24. The van der Waals surface area contributed by atoms with E-state index >= 15 is 0 Å². The molecule has 5 heteroatoms. The van der Waals surface area contributed by atoms with Crippen molar-refractivity contribution in [3.05, 3.63) is 118 Å². The van der Waals surface area contributed by atoms with Gasteiger partial charge in [0.1, 0.15) is 12.4 Å². The van der Waals surface area contributed by atoms with Gasteiger partial charge in [0, 0.05) is 23.4 Å². The molecule has 2 heterocycles. The van der Waals surface area contributed by atoms with Gasteiger partial charge in [-0.1, -0.05) is 73.5 Å². The van der Waals surface area contributed by atoms with Gasteiger partial charge in [0.25, 0.3) is 0 Å². The molecule has 0 radical (unpaired) electrons. The first-order valence-corrected chi connectivity index (χ1v) is 14.6. The van der Waals surface area contributed by atoms with Gasteiger partial charge in [-0.25, -0.2) is 4.79 Å². The lowest BCUT2D eigenvalue weighted by atomic mass is 9.85. The van der Waals surface area contributed by atoms with Gasteiger partial charge in [-0.2, -0.15) is 0 Å². The van der Waals surface area contributed by atoms with Gasteiger partial charge in [-0.05, 0) is 91.8 Å². The second-order valence-corrected chi connectivity index (χ2v) is 11.5. The molecule has 1 unspecified atom stereocenters. The number of aryl methyl sites for hydroxylation is 1. The normalized spacial score (nSPS) is 20.0. The van der Waals surface area contributed by atoms with Gasteiger partial charge in [0.15, 0.2) is 0 Å². The molecule has 2 aromatic carbocycles. The lowest BCUT2D eigenvalue weighted by molar-refractivity contribution is -0.131. The predicted molar refractivity (Wildman–Crippen MR) is 163 cm³/mol. The zero-order valence-corrected chi connectivity index (χ0v) is 24.2. The fraction of sp³-hybridized carbons (Fsp3) is 0.333. The monoisotopic (exact) mass is 549 g/mol. The summed E-state index contributed by atoms with van der Waals surface area (Å²) in [5.41, 5.74) is 8.39. The average molecular weight is 550 g/mol. The molecule has 5 nitrogen and oxygen atoms in total. The van der Waals surface area contributed by atoms with E-state index < -0.39 is 11.6 Å². The molecule has 41 heavy (non-hydrogen) atoms. The van der Waals surface area contributed by atoms with Gasteiger partial charge < -0.3 is 14.9 Å². The molecular weight excluding hydrogens is 510 g/mol. The van der Waals surface area contributed by atoms with E-state index in [2.05, 4.69) is 60.5 Å². The van der Waals surface area contributed by atoms with Gasteiger partial charge >= 0.3 is 5.97 Å². The summed E-state index contributed by atoms with van der Waals surface area (Å²) in [6.45, 7) is 6.46. The van der Waals surface area contributed by atoms with Gasteiger partial charge in [0.2, 0.25) is 0 Å². The number of nitrogens with zero attached hydrogens (tertiary/aromatic N) is 1. The molecule has 0 spiro atoms. The summed E-state index contributed by atoms with van der Waals surface area (Å²) >= 11 is 0. The number of ether oxygens (including phenoxy) is 1. The quantitative estimate of drug-likeness (QED) is 0.231. The van der Waals surface area contributed by atoms with E-state index in [-0.39, 0.29) is 5.92 Å². The third kappa shape index (κ3) is 6.52. The topological polar surface area (TPSA) is 79.7 Å². The highest BCUT2D eigenvalue weighted by atomic mass is 16.5. The Morgan fingerprint density at radius 3 is 2.66 bits per heavy atom. The summed E-state index contributed by atoms with van der Waals surface area (Å²) in [7, 11) is 0. The molecule has 2 N–H and O–H groups in total. The highest BCUT2D eigenvalue weighted by Gasteiger charge is 2.30. The summed E-state index contributed by atoms with van der Waals surface area (Å²) in [5.74, 6) is -0.123. The number of hydrogen-bond acceptors (Lipinski definition) is 4. The lowest BCUT2D eigenvalue weighted by Crippen LogP contribution is -2.24. The largest absolute Gasteiger partial charge is 0.487 e. The van der Waals surface area contributed by atoms with Crippen LogP contribution in [0.5, 0.6) is 5.75 Å². The van der Waals surface area contributed by atoms with E-state index in [4.69, 9.17) is 4.74 Å². The molecule has 5 rings (SSSR count). The maximum atomic E-state index is 11.6. The smallest absolute Gasteiger partial charge is 0.328 e. The van der Waals surface area contributed by atoms with Crippen molar-refractivity contribution in [1.29, 1.82) is 0 Å². The predicted octanol–water partition coefficient (Wildman–Crippen LogP) is 8.01. The Morgan fingerprint density at radius 1 is 1.10 bits per heavy atom. The number of aliphatic carboxylic acids is 1. The SMILES string of the molecule is Cc1ccc(C2(O)CCC=C(CC/C=C3/c4cc(/C(=C/C(=O)O)C(C)C)ccc4OCc4ncccc43)CC2)cc1. The van der Waals surface area contributed by atoms with Crippen LogP contribution in [0.1, 0.15) is 85.9 Å².